The SMILES string of the molecule is CC(C)(C)c1ccc(F)c(B(O)O)c1. The molecule has 1 aromatic rings. The first-order valence-electron chi connectivity index (χ1n) is 4.48. The molecule has 0 aliphatic rings. The molecule has 0 aliphatic heterocycles. The third-order valence-corrected chi connectivity index (χ3v) is 2.14. The summed E-state index contributed by atoms with van der Waals surface area (Å²) in [5.41, 5.74) is 0.677. The van der Waals surface area contributed by atoms with Crippen molar-refractivity contribution in [1.29, 1.82) is 0 Å². The summed E-state index contributed by atoms with van der Waals surface area (Å²) in [5, 5.41) is 17.8. The zero-order chi connectivity index (χ0) is 10.9. The predicted molar refractivity (Wildman–Crippen MR) is 54.9 cm³/mol. The summed E-state index contributed by atoms with van der Waals surface area (Å²) in [5.74, 6) is -0.590. The van der Waals surface area contributed by atoms with Crippen LogP contribution in [0.4, 0.5) is 4.39 Å². The number of hydrogen-bond acceptors (Lipinski definition) is 2. The van der Waals surface area contributed by atoms with E-state index in [1.54, 1.807) is 6.07 Å². The van der Waals surface area contributed by atoms with E-state index in [4.69, 9.17) is 10.0 Å². The minimum atomic E-state index is -1.75. The lowest BCUT2D eigenvalue weighted by Crippen LogP contribution is -2.34. The Bertz CT molecular complexity index is 331. The average Bonchev–Trinajstić information content (AvgIpc) is 2.02. The molecule has 0 bridgehead atoms. The fraction of sp³-hybridized carbons (Fsp3) is 0.400. The lowest BCUT2D eigenvalue weighted by molar-refractivity contribution is 0.423. The van der Waals surface area contributed by atoms with Crippen LogP contribution in [0.3, 0.4) is 0 Å². The first-order chi connectivity index (χ1) is 6.32. The van der Waals surface area contributed by atoms with E-state index >= 15 is 0 Å². The molecule has 14 heavy (non-hydrogen) atoms. The molecule has 1 aromatic carbocycles. The second-order valence-corrected chi connectivity index (χ2v) is 4.36. The monoisotopic (exact) mass is 196 g/mol. The fourth-order valence-electron chi connectivity index (χ4n) is 1.21. The van der Waals surface area contributed by atoms with Crippen molar-refractivity contribution in [3.8, 4) is 0 Å². The van der Waals surface area contributed by atoms with Gasteiger partial charge >= 0.3 is 7.12 Å². The van der Waals surface area contributed by atoms with Gasteiger partial charge in [-0.15, -0.1) is 0 Å². The minimum absolute atomic E-state index is 0.0718. The van der Waals surface area contributed by atoms with Gasteiger partial charge in [0, 0.05) is 5.46 Å². The zero-order valence-corrected chi connectivity index (χ0v) is 8.58. The molecule has 0 radical (unpaired) electrons. The largest absolute Gasteiger partial charge is 0.491 e. The summed E-state index contributed by atoms with van der Waals surface area (Å²) in [4.78, 5) is 0. The van der Waals surface area contributed by atoms with E-state index in [2.05, 4.69) is 0 Å². The molecule has 0 saturated heterocycles. The van der Waals surface area contributed by atoms with Crippen molar-refractivity contribution in [2.24, 2.45) is 0 Å². The van der Waals surface area contributed by atoms with Gasteiger partial charge in [-0.25, -0.2) is 4.39 Å². The Hall–Kier alpha value is -0.865. The molecule has 0 spiro atoms. The Balaban J connectivity index is 3.20. The van der Waals surface area contributed by atoms with Gasteiger partial charge < -0.3 is 10.0 Å². The second kappa shape index (κ2) is 3.71. The Morgan fingerprint density at radius 2 is 1.79 bits per heavy atom. The number of rotatable bonds is 1. The van der Waals surface area contributed by atoms with Gasteiger partial charge in [0.15, 0.2) is 0 Å². The number of halogens is 1. The molecule has 4 heteroatoms. The van der Waals surface area contributed by atoms with E-state index in [9.17, 15) is 4.39 Å². The standard InChI is InChI=1S/C10H14BFO2/c1-10(2,3)7-4-5-9(12)8(6-7)11(13)14/h4-6,13-14H,1-3H3. The quantitative estimate of drug-likeness (QED) is 0.652. The van der Waals surface area contributed by atoms with Gasteiger partial charge in [-0.05, 0) is 17.0 Å². The number of benzene rings is 1. The molecular formula is C10H14BFO2. The van der Waals surface area contributed by atoms with E-state index in [-0.39, 0.29) is 10.9 Å². The van der Waals surface area contributed by atoms with Crippen LogP contribution in [0.5, 0.6) is 0 Å². The summed E-state index contributed by atoms with van der Waals surface area (Å²) in [7, 11) is -1.75. The maximum atomic E-state index is 13.1. The fourth-order valence-corrected chi connectivity index (χ4v) is 1.21. The molecule has 0 fully saturated rings. The normalized spacial score (nSPS) is 11.6. The minimum Gasteiger partial charge on any atom is -0.423 e. The van der Waals surface area contributed by atoms with Crippen LogP contribution < -0.4 is 5.46 Å². The molecule has 0 aromatic heterocycles. The molecule has 2 N–H and O–H groups in total. The Kier molecular flexibility index (Phi) is 2.97. The van der Waals surface area contributed by atoms with Gasteiger partial charge in [0.2, 0.25) is 0 Å². The smallest absolute Gasteiger partial charge is 0.423 e. The maximum absolute atomic E-state index is 13.1. The molecule has 2 nitrogen and oxygen atoms in total. The highest BCUT2D eigenvalue weighted by Gasteiger charge is 2.20. The Morgan fingerprint density at radius 3 is 2.21 bits per heavy atom. The third kappa shape index (κ3) is 2.33. The van der Waals surface area contributed by atoms with Crippen molar-refractivity contribution in [1.82, 2.24) is 0 Å². The van der Waals surface area contributed by atoms with Crippen LogP contribution in [0.15, 0.2) is 18.2 Å². The van der Waals surface area contributed by atoms with E-state index in [1.165, 1.54) is 12.1 Å². The van der Waals surface area contributed by atoms with Crippen LogP contribution >= 0.6 is 0 Å². The first-order valence-corrected chi connectivity index (χ1v) is 4.48. The molecule has 0 heterocycles. The van der Waals surface area contributed by atoms with Crippen molar-refractivity contribution in [3.63, 3.8) is 0 Å². The highest BCUT2D eigenvalue weighted by Crippen LogP contribution is 2.21. The summed E-state index contributed by atoms with van der Waals surface area (Å²) in [6.07, 6.45) is 0. The van der Waals surface area contributed by atoms with Gasteiger partial charge in [0.25, 0.3) is 0 Å². The first kappa shape index (κ1) is 11.2. The van der Waals surface area contributed by atoms with E-state index in [1.807, 2.05) is 20.8 Å². The van der Waals surface area contributed by atoms with Crippen LogP contribution in [0.2, 0.25) is 0 Å². The second-order valence-electron chi connectivity index (χ2n) is 4.36. The van der Waals surface area contributed by atoms with Gasteiger partial charge in [-0.2, -0.15) is 0 Å². The van der Waals surface area contributed by atoms with E-state index in [0.29, 0.717) is 0 Å². The molecule has 0 unspecified atom stereocenters. The highest BCUT2D eigenvalue weighted by atomic mass is 19.1. The molecule has 1 rings (SSSR count). The topological polar surface area (TPSA) is 40.5 Å². The van der Waals surface area contributed by atoms with Crippen LogP contribution in [0.1, 0.15) is 26.3 Å². The van der Waals surface area contributed by atoms with Gasteiger partial charge in [0.1, 0.15) is 5.82 Å². The third-order valence-electron chi connectivity index (χ3n) is 2.14. The Morgan fingerprint density at radius 1 is 1.21 bits per heavy atom. The van der Waals surface area contributed by atoms with Crippen molar-refractivity contribution in [3.05, 3.63) is 29.6 Å². The molecule has 76 valence electrons. The van der Waals surface area contributed by atoms with Crippen molar-refractivity contribution in [2.75, 3.05) is 0 Å². The lowest BCUT2D eigenvalue weighted by atomic mass is 9.76. The van der Waals surface area contributed by atoms with Crippen molar-refractivity contribution in [2.45, 2.75) is 26.2 Å². The molecule has 0 saturated carbocycles. The summed E-state index contributed by atoms with van der Waals surface area (Å²) < 4.78 is 13.1. The maximum Gasteiger partial charge on any atom is 0.491 e. The predicted octanol–water partition coefficient (Wildman–Crippen LogP) is 0.803. The van der Waals surface area contributed by atoms with Crippen molar-refractivity contribution >= 4 is 12.6 Å². The van der Waals surface area contributed by atoms with Crippen molar-refractivity contribution < 1.29 is 14.4 Å². The summed E-state index contributed by atoms with van der Waals surface area (Å²) >= 11 is 0. The van der Waals surface area contributed by atoms with Gasteiger partial charge in [-0.3, -0.25) is 0 Å². The highest BCUT2D eigenvalue weighted by molar-refractivity contribution is 6.58. The van der Waals surface area contributed by atoms with Crippen LogP contribution in [0, 0.1) is 5.82 Å². The molecule has 0 aliphatic carbocycles. The molecule has 0 atom stereocenters. The Labute approximate surface area is 83.5 Å². The zero-order valence-electron chi connectivity index (χ0n) is 8.58. The van der Waals surface area contributed by atoms with E-state index < -0.39 is 12.9 Å². The van der Waals surface area contributed by atoms with Gasteiger partial charge in [0.05, 0.1) is 0 Å². The lowest BCUT2D eigenvalue weighted by Gasteiger charge is -2.20. The summed E-state index contributed by atoms with van der Waals surface area (Å²) in [6.45, 7) is 5.94. The van der Waals surface area contributed by atoms with Crippen LogP contribution in [0.25, 0.3) is 0 Å². The van der Waals surface area contributed by atoms with Crippen LogP contribution in [-0.2, 0) is 5.41 Å². The number of hydrogen-bond donors (Lipinski definition) is 2. The van der Waals surface area contributed by atoms with Crippen LogP contribution in [-0.4, -0.2) is 17.2 Å². The summed E-state index contributed by atoms with van der Waals surface area (Å²) in [6, 6.07) is 4.40. The molecular weight excluding hydrogens is 182 g/mol. The van der Waals surface area contributed by atoms with E-state index in [0.717, 1.165) is 5.56 Å². The molecule has 0 amide bonds. The van der Waals surface area contributed by atoms with Gasteiger partial charge in [-0.1, -0.05) is 32.9 Å². The average molecular weight is 196 g/mol.